The topological polar surface area (TPSA) is 75.6 Å². The Bertz CT molecular complexity index is 556. The second-order valence-corrected chi connectivity index (χ2v) is 4.59. The van der Waals surface area contributed by atoms with Gasteiger partial charge in [0.2, 0.25) is 0 Å². The van der Waals surface area contributed by atoms with Crippen molar-refractivity contribution in [1.82, 2.24) is 25.3 Å². The van der Waals surface area contributed by atoms with Crippen molar-refractivity contribution in [3.63, 3.8) is 0 Å². The standard InChI is InChI=1S/C13H16N6.ClH/c1-9-17-11(10-3-2-4-15-10)7-12(18-9)19-13-8-14-5-6-16-13;/h5-8,10,15H,2-4H2,1H3,(H,16,17,18,19);1H. The lowest BCUT2D eigenvalue weighted by molar-refractivity contribution is 0.623. The molecule has 0 radical (unpaired) electrons. The van der Waals surface area contributed by atoms with Crippen LogP contribution in [0.2, 0.25) is 0 Å². The molecule has 1 saturated heterocycles. The molecular formula is C13H17ClN6. The maximum Gasteiger partial charge on any atom is 0.150 e. The van der Waals surface area contributed by atoms with E-state index in [0.717, 1.165) is 30.3 Å². The van der Waals surface area contributed by atoms with Crippen molar-refractivity contribution < 1.29 is 0 Å². The van der Waals surface area contributed by atoms with Gasteiger partial charge in [0.05, 0.1) is 11.9 Å². The molecule has 20 heavy (non-hydrogen) atoms. The van der Waals surface area contributed by atoms with Gasteiger partial charge < -0.3 is 10.6 Å². The zero-order valence-corrected chi connectivity index (χ0v) is 12.0. The van der Waals surface area contributed by atoms with Crippen LogP contribution < -0.4 is 10.6 Å². The van der Waals surface area contributed by atoms with Crippen LogP contribution in [0.5, 0.6) is 0 Å². The van der Waals surface area contributed by atoms with Crippen LogP contribution in [0.3, 0.4) is 0 Å². The van der Waals surface area contributed by atoms with Crippen molar-refractivity contribution in [2.45, 2.75) is 25.8 Å². The molecule has 0 spiro atoms. The Morgan fingerprint density at radius 3 is 2.85 bits per heavy atom. The van der Waals surface area contributed by atoms with Gasteiger partial charge in [-0.25, -0.2) is 15.0 Å². The summed E-state index contributed by atoms with van der Waals surface area (Å²) in [5, 5.41) is 6.60. The monoisotopic (exact) mass is 292 g/mol. The van der Waals surface area contributed by atoms with Crippen molar-refractivity contribution in [2.75, 3.05) is 11.9 Å². The Kier molecular flexibility index (Phi) is 4.81. The third kappa shape index (κ3) is 3.40. The fourth-order valence-electron chi connectivity index (χ4n) is 2.27. The van der Waals surface area contributed by atoms with Crippen molar-refractivity contribution in [3.8, 4) is 0 Å². The van der Waals surface area contributed by atoms with Crippen LogP contribution in [0.25, 0.3) is 0 Å². The highest BCUT2D eigenvalue weighted by molar-refractivity contribution is 5.85. The third-order valence-electron chi connectivity index (χ3n) is 3.09. The molecular weight excluding hydrogens is 276 g/mol. The molecule has 1 aliphatic rings. The summed E-state index contributed by atoms with van der Waals surface area (Å²) in [6.45, 7) is 2.96. The molecule has 6 nitrogen and oxygen atoms in total. The summed E-state index contributed by atoms with van der Waals surface area (Å²) >= 11 is 0. The summed E-state index contributed by atoms with van der Waals surface area (Å²) in [6, 6.07) is 2.31. The Labute approximate surface area is 123 Å². The van der Waals surface area contributed by atoms with Crippen molar-refractivity contribution in [3.05, 3.63) is 36.2 Å². The summed E-state index contributed by atoms with van der Waals surface area (Å²) < 4.78 is 0. The van der Waals surface area contributed by atoms with Crippen LogP contribution >= 0.6 is 12.4 Å². The summed E-state index contributed by atoms with van der Waals surface area (Å²) in [5.74, 6) is 2.21. The Morgan fingerprint density at radius 2 is 2.15 bits per heavy atom. The quantitative estimate of drug-likeness (QED) is 0.903. The number of hydrogen-bond acceptors (Lipinski definition) is 6. The van der Waals surface area contributed by atoms with E-state index in [1.165, 1.54) is 6.42 Å². The number of hydrogen-bond donors (Lipinski definition) is 2. The molecule has 2 aromatic rings. The number of aryl methyl sites for hydroxylation is 1. The molecule has 0 amide bonds. The minimum Gasteiger partial charge on any atom is -0.324 e. The molecule has 0 bridgehead atoms. The smallest absolute Gasteiger partial charge is 0.150 e. The summed E-state index contributed by atoms with van der Waals surface area (Å²) in [7, 11) is 0. The third-order valence-corrected chi connectivity index (χ3v) is 3.09. The molecule has 0 aliphatic carbocycles. The second kappa shape index (κ2) is 6.58. The molecule has 7 heteroatoms. The molecule has 106 valence electrons. The number of halogens is 1. The summed E-state index contributed by atoms with van der Waals surface area (Å²) in [5.41, 5.74) is 1.04. The molecule has 1 atom stereocenters. The van der Waals surface area contributed by atoms with E-state index >= 15 is 0 Å². The molecule has 0 saturated carbocycles. The van der Waals surface area contributed by atoms with Crippen LogP contribution in [0.1, 0.15) is 30.4 Å². The van der Waals surface area contributed by atoms with E-state index in [1.54, 1.807) is 18.6 Å². The normalized spacial score (nSPS) is 17.6. The number of nitrogens with zero attached hydrogens (tertiary/aromatic N) is 4. The van der Waals surface area contributed by atoms with Gasteiger partial charge in [-0.1, -0.05) is 0 Å². The zero-order chi connectivity index (χ0) is 13.1. The van der Waals surface area contributed by atoms with E-state index in [0.29, 0.717) is 11.9 Å². The first-order chi connectivity index (χ1) is 9.31. The Morgan fingerprint density at radius 1 is 1.25 bits per heavy atom. The lowest BCUT2D eigenvalue weighted by Gasteiger charge is -2.12. The fourth-order valence-corrected chi connectivity index (χ4v) is 2.27. The van der Waals surface area contributed by atoms with Gasteiger partial charge >= 0.3 is 0 Å². The van der Waals surface area contributed by atoms with E-state index in [4.69, 9.17) is 0 Å². The van der Waals surface area contributed by atoms with E-state index in [1.807, 2.05) is 13.0 Å². The fraction of sp³-hybridized carbons (Fsp3) is 0.385. The van der Waals surface area contributed by atoms with E-state index < -0.39 is 0 Å². The summed E-state index contributed by atoms with van der Waals surface area (Å²) in [4.78, 5) is 17.1. The average molecular weight is 293 g/mol. The lowest BCUT2D eigenvalue weighted by atomic mass is 10.1. The van der Waals surface area contributed by atoms with Crippen molar-refractivity contribution >= 4 is 24.0 Å². The van der Waals surface area contributed by atoms with Crippen LogP contribution in [0.4, 0.5) is 11.6 Å². The van der Waals surface area contributed by atoms with E-state index in [9.17, 15) is 0 Å². The van der Waals surface area contributed by atoms with Gasteiger partial charge in [0.1, 0.15) is 17.5 Å². The molecule has 0 aromatic carbocycles. The van der Waals surface area contributed by atoms with Crippen LogP contribution in [-0.4, -0.2) is 26.5 Å². The van der Waals surface area contributed by atoms with Crippen LogP contribution in [0, 0.1) is 6.92 Å². The van der Waals surface area contributed by atoms with Crippen LogP contribution in [0.15, 0.2) is 24.7 Å². The first-order valence-electron chi connectivity index (χ1n) is 6.43. The average Bonchev–Trinajstić information content (AvgIpc) is 2.93. The Balaban J connectivity index is 0.00000147. The SMILES string of the molecule is Cc1nc(Nc2cnccn2)cc(C2CCCN2)n1.Cl. The first-order valence-corrected chi connectivity index (χ1v) is 6.43. The summed E-state index contributed by atoms with van der Waals surface area (Å²) in [6.07, 6.45) is 7.28. The largest absolute Gasteiger partial charge is 0.324 e. The predicted octanol–water partition coefficient (Wildman–Crippen LogP) is 2.16. The molecule has 1 unspecified atom stereocenters. The van der Waals surface area contributed by atoms with Crippen molar-refractivity contribution in [1.29, 1.82) is 0 Å². The van der Waals surface area contributed by atoms with E-state index in [-0.39, 0.29) is 12.4 Å². The van der Waals surface area contributed by atoms with Crippen molar-refractivity contribution in [2.24, 2.45) is 0 Å². The minimum atomic E-state index is 0. The molecule has 1 fully saturated rings. The number of anilines is 2. The van der Waals surface area contributed by atoms with Gasteiger partial charge in [-0.05, 0) is 26.3 Å². The number of rotatable bonds is 3. The Hall–Kier alpha value is -1.79. The molecule has 3 heterocycles. The first kappa shape index (κ1) is 14.6. The molecule has 1 aliphatic heterocycles. The van der Waals surface area contributed by atoms with Gasteiger partial charge in [0, 0.05) is 24.5 Å². The maximum atomic E-state index is 4.51. The molecule has 3 rings (SSSR count). The molecule has 2 aromatic heterocycles. The van der Waals surface area contributed by atoms with Gasteiger partial charge in [-0.15, -0.1) is 12.4 Å². The van der Waals surface area contributed by atoms with Gasteiger partial charge in [-0.2, -0.15) is 0 Å². The maximum absolute atomic E-state index is 4.51. The zero-order valence-electron chi connectivity index (χ0n) is 11.2. The van der Waals surface area contributed by atoms with Gasteiger partial charge in [0.25, 0.3) is 0 Å². The minimum absolute atomic E-state index is 0. The molecule has 2 N–H and O–H groups in total. The van der Waals surface area contributed by atoms with E-state index in [2.05, 4.69) is 30.6 Å². The van der Waals surface area contributed by atoms with Crippen LogP contribution in [-0.2, 0) is 0 Å². The van der Waals surface area contributed by atoms with Gasteiger partial charge in [0.15, 0.2) is 0 Å². The number of aromatic nitrogens is 4. The lowest BCUT2D eigenvalue weighted by Crippen LogP contribution is -2.15. The van der Waals surface area contributed by atoms with Gasteiger partial charge in [-0.3, -0.25) is 4.98 Å². The highest BCUT2D eigenvalue weighted by Gasteiger charge is 2.18. The number of nitrogens with one attached hydrogen (secondary N) is 2. The second-order valence-electron chi connectivity index (χ2n) is 4.59. The highest BCUT2D eigenvalue weighted by atomic mass is 35.5. The highest BCUT2D eigenvalue weighted by Crippen LogP contribution is 2.23. The predicted molar refractivity (Wildman–Crippen MR) is 79.3 cm³/mol.